The quantitative estimate of drug-likeness (QED) is 0.779. The van der Waals surface area contributed by atoms with E-state index in [-0.39, 0.29) is 11.9 Å². The standard InChI is InChI=1S/C21H31N3O4/c1-14(2)17-7-6-8-18(13-17)28-16(5)20(26)23-9-11-24(12-10-23)21(27)19(25)22-15(3)4/h6-8,13-16H,9-12H2,1-5H3,(H,22,25)/t16-/m0/s1. The molecule has 1 aliphatic heterocycles. The van der Waals surface area contributed by atoms with Gasteiger partial charge in [0, 0.05) is 32.2 Å². The number of amides is 3. The molecule has 0 radical (unpaired) electrons. The maximum Gasteiger partial charge on any atom is 0.312 e. The summed E-state index contributed by atoms with van der Waals surface area (Å²) in [5.74, 6) is -0.208. The highest BCUT2D eigenvalue weighted by molar-refractivity contribution is 6.35. The van der Waals surface area contributed by atoms with Gasteiger partial charge in [-0.15, -0.1) is 0 Å². The molecule has 0 bridgehead atoms. The zero-order valence-electron chi connectivity index (χ0n) is 17.4. The van der Waals surface area contributed by atoms with E-state index in [0.717, 1.165) is 5.56 Å². The number of hydrogen-bond donors (Lipinski definition) is 1. The Morgan fingerprint density at radius 3 is 2.14 bits per heavy atom. The molecule has 1 atom stereocenters. The molecule has 2 rings (SSSR count). The van der Waals surface area contributed by atoms with Crippen molar-refractivity contribution in [2.75, 3.05) is 26.2 Å². The van der Waals surface area contributed by atoms with Gasteiger partial charge in [0.2, 0.25) is 0 Å². The first-order chi connectivity index (χ1) is 13.2. The number of benzene rings is 1. The SMILES string of the molecule is CC(C)NC(=O)C(=O)N1CCN(C(=O)[C@H](C)Oc2cccc(C(C)C)c2)CC1. The summed E-state index contributed by atoms with van der Waals surface area (Å²) in [7, 11) is 0. The maximum atomic E-state index is 12.7. The van der Waals surface area contributed by atoms with Crippen molar-refractivity contribution in [3.8, 4) is 5.75 Å². The predicted molar refractivity (Wildman–Crippen MR) is 107 cm³/mol. The van der Waals surface area contributed by atoms with E-state index in [4.69, 9.17) is 4.74 Å². The van der Waals surface area contributed by atoms with E-state index in [0.29, 0.717) is 37.8 Å². The molecule has 0 spiro atoms. The zero-order valence-corrected chi connectivity index (χ0v) is 17.4. The van der Waals surface area contributed by atoms with Gasteiger partial charge in [-0.25, -0.2) is 0 Å². The largest absolute Gasteiger partial charge is 0.481 e. The summed E-state index contributed by atoms with van der Waals surface area (Å²) in [6.07, 6.45) is -0.617. The Labute approximate surface area is 167 Å². The molecule has 1 aliphatic rings. The van der Waals surface area contributed by atoms with Gasteiger partial charge in [0.15, 0.2) is 6.10 Å². The first kappa shape index (κ1) is 21.7. The molecule has 1 saturated heterocycles. The molecule has 0 saturated carbocycles. The Morgan fingerprint density at radius 1 is 0.964 bits per heavy atom. The van der Waals surface area contributed by atoms with Crippen LogP contribution in [0.15, 0.2) is 24.3 Å². The van der Waals surface area contributed by atoms with Gasteiger partial charge in [-0.05, 0) is 44.4 Å². The number of carbonyl (C=O) groups excluding carboxylic acids is 3. The highest BCUT2D eigenvalue weighted by Gasteiger charge is 2.30. The lowest BCUT2D eigenvalue weighted by molar-refractivity contribution is -0.149. The van der Waals surface area contributed by atoms with E-state index in [9.17, 15) is 14.4 Å². The summed E-state index contributed by atoms with van der Waals surface area (Å²) in [4.78, 5) is 39.9. The number of carbonyl (C=O) groups is 3. The van der Waals surface area contributed by atoms with Crippen LogP contribution in [0.25, 0.3) is 0 Å². The van der Waals surface area contributed by atoms with E-state index in [1.807, 2.05) is 24.3 Å². The van der Waals surface area contributed by atoms with Crippen molar-refractivity contribution in [1.29, 1.82) is 0 Å². The van der Waals surface area contributed by atoms with Gasteiger partial charge in [0.05, 0.1) is 0 Å². The molecule has 0 aliphatic carbocycles. The number of ether oxygens (including phenoxy) is 1. The summed E-state index contributed by atoms with van der Waals surface area (Å²) < 4.78 is 5.84. The predicted octanol–water partition coefficient (Wildman–Crippen LogP) is 1.77. The van der Waals surface area contributed by atoms with Crippen molar-refractivity contribution >= 4 is 17.7 Å². The fraction of sp³-hybridized carbons (Fsp3) is 0.571. The van der Waals surface area contributed by atoms with Gasteiger partial charge in [0.25, 0.3) is 5.91 Å². The lowest BCUT2D eigenvalue weighted by Gasteiger charge is -2.35. The van der Waals surface area contributed by atoms with Crippen LogP contribution in [0.3, 0.4) is 0 Å². The minimum atomic E-state index is -0.617. The van der Waals surface area contributed by atoms with Gasteiger partial charge in [-0.3, -0.25) is 14.4 Å². The molecule has 28 heavy (non-hydrogen) atoms. The van der Waals surface area contributed by atoms with Crippen LogP contribution in [0, 0.1) is 0 Å². The third-order valence-corrected chi connectivity index (χ3v) is 4.68. The number of nitrogens with one attached hydrogen (secondary N) is 1. The summed E-state index contributed by atoms with van der Waals surface area (Å²) in [6, 6.07) is 7.67. The highest BCUT2D eigenvalue weighted by atomic mass is 16.5. The molecule has 7 nitrogen and oxygen atoms in total. The van der Waals surface area contributed by atoms with Gasteiger partial charge in [-0.2, -0.15) is 0 Å². The average Bonchev–Trinajstić information content (AvgIpc) is 2.66. The Hall–Kier alpha value is -2.57. The monoisotopic (exact) mass is 389 g/mol. The van der Waals surface area contributed by atoms with Crippen molar-refractivity contribution in [2.24, 2.45) is 0 Å². The van der Waals surface area contributed by atoms with Crippen molar-refractivity contribution < 1.29 is 19.1 Å². The molecule has 3 amide bonds. The molecular weight excluding hydrogens is 358 g/mol. The Kier molecular flexibility index (Phi) is 7.43. The minimum absolute atomic E-state index is 0.0912. The highest BCUT2D eigenvalue weighted by Crippen LogP contribution is 2.21. The van der Waals surface area contributed by atoms with Crippen LogP contribution >= 0.6 is 0 Å². The smallest absolute Gasteiger partial charge is 0.312 e. The molecule has 0 unspecified atom stereocenters. The summed E-state index contributed by atoms with van der Waals surface area (Å²) in [6.45, 7) is 11.0. The Bertz CT molecular complexity index is 709. The summed E-state index contributed by atoms with van der Waals surface area (Å²) in [5, 5.41) is 2.60. The van der Waals surface area contributed by atoms with Crippen LogP contribution in [0.4, 0.5) is 0 Å². The third-order valence-electron chi connectivity index (χ3n) is 4.68. The lowest BCUT2D eigenvalue weighted by atomic mass is 10.0. The molecule has 154 valence electrons. The van der Waals surface area contributed by atoms with E-state index in [1.54, 1.807) is 25.7 Å². The Balaban J connectivity index is 1.88. The third kappa shape index (κ3) is 5.71. The average molecular weight is 389 g/mol. The summed E-state index contributed by atoms with van der Waals surface area (Å²) >= 11 is 0. The van der Waals surface area contributed by atoms with Crippen LogP contribution in [-0.4, -0.2) is 65.8 Å². The molecule has 0 aromatic heterocycles. The molecule has 1 heterocycles. The molecule has 1 fully saturated rings. The van der Waals surface area contributed by atoms with E-state index < -0.39 is 17.9 Å². The van der Waals surface area contributed by atoms with Crippen molar-refractivity contribution in [3.63, 3.8) is 0 Å². The van der Waals surface area contributed by atoms with Crippen LogP contribution in [0.5, 0.6) is 5.75 Å². The van der Waals surface area contributed by atoms with Crippen LogP contribution in [-0.2, 0) is 14.4 Å². The van der Waals surface area contributed by atoms with Gasteiger partial charge in [-0.1, -0.05) is 26.0 Å². The molecule has 1 aromatic carbocycles. The normalized spacial score (nSPS) is 15.5. The van der Waals surface area contributed by atoms with Crippen molar-refractivity contribution in [2.45, 2.75) is 52.7 Å². The minimum Gasteiger partial charge on any atom is -0.481 e. The van der Waals surface area contributed by atoms with Crippen LogP contribution in [0.2, 0.25) is 0 Å². The topological polar surface area (TPSA) is 79.0 Å². The van der Waals surface area contributed by atoms with Crippen LogP contribution < -0.4 is 10.1 Å². The number of nitrogens with zero attached hydrogens (tertiary/aromatic N) is 2. The first-order valence-corrected chi connectivity index (χ1v) is 9.84. The maximum absolute atomic E-state index is 12.7. The number of hydrogen-bond acceptors (Lipinski definition) is 4. The van der Waals surface area contributed by atoms with Gasteiger partial charge < -0.3 is 19.9 Å². The van der Waals surface area contributed by atoms with Gasteiger partial charge in [0.1, 0.15) is 5.75 Å². The van der Waals surface area contributed by atoms with E-state index in [1.165, 1.54) is 4.90 Å². The second-order valence-electron chi connectivity index (χ2n) is 7.73. The molecule has 1 aromatic rings. The first-order valence-electron chi connectivity index (χ1n) is 9.84. The fourth-order valence-corrected chi connectivity index (χ4v) is 3.06. The van der Waals surface area contributed by atoms with E-state index in [2.05, 4.69) is 19.2 Å². The van der Waals surface area contributed by atoms with Crippen molar-refractivity contribution in [1.82, 2.24) is 15.1 Å². The molecular formula is C21H31N3O4. The van der Waals surface area contributed by atoms with Crippen LogP contribution in [0.1, 0.15) is 46.1 Å². The molecule has 1 N–H and O–H groups in total. The number of piperazine rings is 1. The second kappa shape index (κ2) is 9.57. The van der Waals surface area contributed by atoms with E-state index >= 15 is 0 Å². The second-order valence-corrected chi connectivity index (χ2v) is 7.73. The zero-order chi connectivity index (χ0) is 20.8. The Morgan fingerprint density at radius 2 is 1.57 bits per heavy atom. The fourth-order valence-electron chi connectivity index (χ4n) is 3.06. The lowest BCUT2D eigenvalue weighted by Crippen LogP contribution is -2.56. The van der Waals surface area contributed by atoms with Gasteiger partial charge >= 0.3 is 11.8 Å². The van der Waals surface area contributed by atoms with Crippen molar-refractivity contribution in [3.05, 3.63) is 29.8 Å². The number of rotatable bonds is 5. The summed E-state index contributed by atoms with van der Waals surface area (Å²) in [5.41, 5.74) is 1.16. The molecule has 7 heteroatoms.